The number of para-hydroxylation sites is 1. The number of nitrogens with one attached hydrogen (secondary N) is 1. The summed E-state index contributed by atoms with van der Waals surface area (Å²) >= 11 is 0. The monoisotopic (exact) mass is 382 g/mol. The summed E-state index contributed by atoms with van der Waals surface area (Å²) in [5.41, 5.74) is 3.26. The Hall–Kier alpha value is -3.16. The average Bonchev–Trinajstić information content (AvgIpc) is 3.32. The Balaban J connectivity index is 1.69. The maximum atomic E-state index is 13.3. The number of carbonyl (C=O) groups is 3. The maximum absolute atomic E-state index is 13.3. The minimum Gasteiger partial charge on any atom is -0.469 e. The lowest BCUT2D eigenvalue weighted by molar-refractivity contribution is -0.145. The number of carbonyl (C=O) groups excluding carboxylic acids is 3. The molecule has 1 aliphatic carbocycles. The molecule has 2 aromatic rings. The van der Waals surface area contributed by atoms with E-state index >= 15 is 0 Å². The molecule has 0 spiro atoms. The van der Waals surface area contributed by atoms with E-state index in [2.05, 4.69) is 10.4 Å². The predicted octanol–water partition coefficient (Wildman–Crippen LogP) is 0.865. The van der Waals surface area contributed by atoms with Gasteiger partial charge in [-0.1, -0.05) is 18.2 Å². The molecule has 1 aliphatic heterocycles. The molecule has 8 nitrogen and oxygen atoms in total. The second-order valence-electron chi connectivity index (χ2n) is 6.96. The minimum atomic E-state index is -0.882. The highest BCUT2D eigenvalue weighted by molar-refractivity contribution is 5.99. The van der Waals surface area contributed by atoms with Gasteiger partial charge in [0, 0.05) is 24.3 Å². The lowest BCUT2D eigenvalue weighted by Crippen LogP contribution is -2.58. The zero-order valence-electron chi connectivity index (χ0n) is 15.7. The number of hydrogen-bond acceptors (Lipinski definition) is 5. The van der Waals surface area contributed by atoms with Crippen LogP contribution in [-0.2, 0) is 27.2 Å². The van der Waals surface area contributed by atoms with Crippen molar-refractivity contribution in [2.75, 3.05) is 20.2 Å². The van der Waals surface area contributed by atoms with Crippen molar-refractivity contribution in [2.45, 2.75) is 31.7 Å². The molecule has 0 radical (unpaired) electrons. The zero-order valence-corrected chi connectivity index (χ0v) is 15.7. The van der Waals surface area contributed by atoms with Crippen LogP contribution in [0.2, 0.25) is 0 Å². The van der Waals surface area contributed by atoms with Crippen LogP contribution in [0.3, 0.4) is 0 Å². The van der Waals surface area contributed by atoms with E-state index in [1.807, 2.05) is 35.0 Å². The Labute approximate surface area is 162 Å². The van der Waals surface area contributed by atoms with Gasteiger partial charge in [0.1, 0.15) is 6.04 Å². The average molecular weight is 382 g/mol. The van der Waals surface area contributed by atoms with Gasteiger partial charge in [0.15, 0.2) is 5.69 Å². The van der Waals surface area contributed by atoms with Crippen LogP contribution in [0.5, 0.6) is 0 Å². The van der Waals surface area contributed by atoms with Crippen molar-refractivity contribution in [1.29, 1.82) is 0 Å². The van der Waals surface area contributed by atoms with Crippen molar-refractivity contribution in [1.82, 2.24) is 20.0 Å². The van der Waals surface area contributed by atoms with Crippen LogP contribution in [0.1, 0.15) is 34.6 Å². The molecule has 0 bridgehead atoms. The van der Waals surface area contributed by atoms with Gasteiger partial charge in [-0.25, -0.2) is 4.68 Å². The molecule has 8 heteroatoms. The van der Waals surface area contributed by atoms with Crippen molar-refractivity contribution >= 4 is 17.8 Å². The van der Waals surface area contributed by atoms with Gasteiger partial charge in [0.05, 0.1) is 19.2 Å². The number of ether oxygens (including phenoxy) is 1. The van der Waals surface area contributed by atoms with Crippen molar-refractivity contribution in [2.24, 2.45) is 0 Å². The first-order chi connectivity index (χ1) is 13.6. The first kappa shape index (κ1) is 18.2. The highest BCUT2D eigenvalue weighted by atomic mass is 16.5. The lowest BCUT2D eigenvalue weighted by Gasteiger charge is -2.34. The molecule has 0 unspecified atom stereocenters. The highest BCUT2D eigenvalue weighted by Gasteiger charge is 2.38. The van der Waals surface area contributed by atoms with Gasteiger partial charge in [0.25, 0.3) is 5.91 Å². The van der Waals surface area contributed by atoms with Gasteiger partial charge < -0.3 is 15.0 Å². The molecule has 0 saturated carbocycles. The minimum absolute atomic E-state index is 0.171. The van der Waals surface area contributed by atoms with E-state index in [0.717, 1.165) is 36.2 Å². The Kier molecular flexibility index (Phi) is 4.85. The van der Waals surface area contributed by atoms with Gasteiger partial charge in [-0.05, 0) is 31.4 Å². The second-order valence-corrected chi connectivity index (χ2v) is 6.96. The molecule has 28 heavy (non-hydrogen) atoms. The normalized spacial score (nSPS) is 18.5. The number of fused-ring (bicyclic) bond motifs is 1. The quantitative estimate of drug-likeness (QED) is 0.792. The summed E-state index contributed by atoms with van der Waals surface area (Å²) in [6.45, 7) is 0.684. The first-order valence-electron chi connectivity index (χ1n) is 9.42. The van der Waals surface area contributed by atoms with Crippen LogP contribution in [0.4, 0.5) is 0 Å². The molecule has 146 valence electrons. The zero-order chi connectivity index (χ0) is 19.7. The number of benzene rings is 1. The fourth-order valence-corrected chi connectivity index (χ4v) is 3.93. The number of amides is 2. The van der Waals surface area contributed by atoms with Crippen LogP contribution in [-0.4, -0.2) is 58.7 Å². The van der Waals surface area contributed by atoms with E-state index in [1.165, 1.54) is 12.0 Å². The Morgan fingerprint density at radius 2 is 2.04 bits per heavy atom. The molecule has 2 amide bonds. The summed E-state index contributed by atoms with van der Waals surface area (Å²) in [7, 11) is 1.27. The van der Waals surface area contributed by atoms with Crippen LogP contribution >= 0.6 is 0 Å². The van der Waals surface area contributed by atoms with Gasteiger partial charge in [-0.2, -0.15) is 5.10 Å². The van der Waals surface area contributed by atoms with Crippen LogP contribution in [0, 0.1) is 0 Å². The third-order valence-electron chi connectivity index (χ3n) is 5.31. The largest absolute Gasteiger partial charge is 0.469 e. The predicted molar refractivity (Wildman–Crippen MR) is 100 cm³/mol. The van der Waals surface area contributed by atoms with Gasteiger partial charge in [0.2, 0.25) is 5.91 Å². The molecule has 1 atom stereocenters. The smallest absolute Gasteiger partial charge is 0.308 e. The summed E-state index contributed by atoms with van der Waals surface area (Å²) in [5.74, 6) is -1.18. The number of rotatable bonds is 4. The molecule has 1 saturated heterocycles. The van der Waals surface area contributed by atoms with Crippen LogP contribution in [0.25, 0.3) is 5.69 Å². The van der Waals surface area contributed by atoms with Gasteiger partial charge in [-0.15, -0.1) is 0 Å². The van der Waals surface area contributed by atoms with Crippen LogP contribution < -0.4 is 5.32 Å². The summed E-state index contributed by atoms with van der Waals surface area (Å²) in [5, 5.41) is 7.33. The number of aromatic nitrogens is 2. The highest BCUT2D eigenvalue weighted by Crippen LogP contribution is 2.29. The third kappa shape index (κ3) is 3.15. The fraction of sp³-hybridized carbons (Fsp3) is 0.400. The number of hydrogen-bond donors (Lipinski definition) is 1. The lowest BCUT2D eigenvalue weighted by atomic mass is 10.1. The molecule has 1 fully saturated rings. The topological polar surface area (TPSA) is 93.5 Å². The molecular weight excluding hydrogens is 360 g/mol. The van der Waals surface area contributed by atoms with Crippen molar-refractivity contribution in [3.8, 4) is 5.69 Å². The molecule has 1 aromatic heterocycles. The molecule has 1 N–H and O–H groups in total. The Morgan fingerprint density at radius 1 is 1.25 bits per heavy atom. The Morgan fingerprint density at radius 3 is 2.79 bits per heavy atom. The van der Waals surface area contributed by atoms with Crippen molar-refractivity contribution in [3.05, 3.63) is 47.3 Å². The molecule has 2 heterocycles. The van der Waals surface area contributed by atoms with E-state index in [0.29, 0.717) is 18.8 Å². The standard InChI is InChI=1S/C20H22N4O4/c1-28-17(25)12-16-19(26)21-10-11-23(16)20(27)18-14-8-5-9-15(14)24(22-18)13-6-3-2-4-7-13/h2-4,6-7,16H,5,8-12H2,1H3,(H,21,26)/t16-/m0/s1. The summed E-state index contributed by atoms with van der Waals surface area (Å²) in [6, 6.07) is 8.82. The van der Waals surface area contributed by atoms with Crippen LogP contribution in [0.15, 0.2) is 30.3 Å². The van der Waals surface area contributed by atoms with Gasteiger partial charge >= 0.3 is 5.97 Å². The van der Waals surface area contributed by atoms with E-state index < -0.39 is 12.0 Å². The van der Waals surface area contributed by atoms with Crippen molar-refractivity contribution < 1.29 is 19.1 Å². The number of nitrogens with zero attached hydrogens (tertiary/aromatic N) is 3. The third-order valence-corrected chi connectivity index (χ3v) is 5.31. The molecule has 2 aliphatic rings. The van der Waals surface area contributed by atoms with E-state index in [9.17, 15) is 14.4 Å². The number of piperazine rings is 1. The maximum Gasteiger partial charge on any atom is 0.308 e. The van der Waals surface area contributed by atoms with Gasteiger partial charge in [-0.3, -0.25) is 14.4 Å². The van der Waals surface area contributed by atoms with E-state index in [4.69, 9.17) is 4.74 Å². The van der Waals surface area contributed by atoms with Crippen molar-refractivity contribution in [3.63, 3.8) is 0 Å². The summed E-state index contributed by atoms with van der Waals surface area (Å²) in [4.78, 5) is 38.9. The summed E-state index contributed by atoms with van der Waals surface area (Å²) in [6.07, 6.45) is 2.43. The first-order valence-corrected chi connectivity index (χ1v) is 9.42. The molecular formula is C20H22N4O4. The number of esters is 1. The fourth-order valence-electron chi connectivity index (χ4n) is 3.93. The molecule has 1 aromatic carbocycles. The number of methoxy groups -OCH3 is 1. The SMILES string of the molecule is COC(=O)C[C@H]1C(=O)NCCN1C(=O)c1nn(-c2ccccc2)c2c1CCC2. The second kappa shape index (κ2) is 7.46. The molecule has 4 rings (SSSR count). The van der Waals surface area contributed by atoms with E-state index in [1.54, 1.807) is 0 Å². The Bertz CT molecular complexity index is 922. The summed E-state index contributed by atoms with van der Waals surface area (Å²) < 4.78 is 6.52. The van der Waals surface area contributed by atoms with E-state index in [-0.39, 0.29) is 18.2 Å².